The van der Waals surface area contributed by atoms with Crippen molar-refractivity contribution in [3.05, 3.63) is 64.9 Å². The number of halogens is 1. The second-order valence-electron chi connectivity index (χ2n) is 5.37. The summed E-state index contributed by atoms with van der Waals surface area (Å²) >= 11 is 5.64. The van der Waals surface area contributed by atoms with E-state index in [9.17, 15) is 14.4 Å². The standard InChI is InChI=1S/C18H17ClN2O4/c1-12(22)15(9-13-5-3-2-4-6-13)21-17(23)11-25-18(24)14-7-8-16(19)20-10-14/h2-8,10,15H,9,11H2,1H3,(H,21,23)/t15-/m0/s1. The van der Waals surface area contributed by atoms with E-state index in [1.165, 1.54) is 25.3 Å². The van der Waals surface area contributed by atoms with E-state index in [0.717, 1.165) is 5.56 Å². The van der Waals surface area contributed by atoms with E-state index in [1.807, 2.05) is 30.3 Å². The molecule has 0 aliphatic rings. The average molecular weight is 361 g/mol. The molecule has 1 aromatic carbocycles. The molecule has 1 amide bonds. The second kappa shape index (κ2) is 8.94. The number of esters is 1. The molecule has 1 atom stereocenters. The molecular formula is C18H17ClN2O4. The second-order valence-corrected chi connectivity index (χ2v) is 5.75. The van der Waals surface area contributed by atoms with Gasteiger partial charge in [-0.15, -0.1) is 0 Å². The van der Waals surface area contributed by atoms with Crippen molar-refractivity contribution in [2.75, 3.05) is 6.61 Å². The zero-order chi connectivity index (χ0) is 18.2. The molecule has 0 radical (unpaired) electrons. The topological polar surface area (TPSA) is 85.4 Å². The van der Waals surface area contributed by atoms with Crippen LogP contribution in [0.4, 0.5) is 0 Å². The van der Waals surface area contributed by atoms with Gasteiger partial charge in [0.25, 0.3) is 5.91 Å². The van der Waals surface area contributed by atoms with Crippen LogP contribution in [0.5, 0.6) is 0 Å². The summed E-state index contributed by atoms with van der Waals surface area (Å²) in [6.07, 6.45) is 1.63. The van der Waals surface area contributed by atoms with Gasteiger partial charge in [-0.2, -0.15) is 0 Å². The van der Waals surface area contributed by atoms with Gasteiger partial charge in [0.2, 0.25) is 0 Å². The maximum atomic E-state index is 12.0. The van der Waals surface area contributed by atoms with Crippen LogP contribution in [0.15, 0.2) is 48.7 Å². The van der Waals surface area contributed by atoms with E-state index in [0.29, 0.717) is 6.42 Å². The number of hydrogen-bond acceptors (Lipinski definition) is 5. The van der Waals surface area contributed by atoms with E-state index in [4.69, 9.17) is 16.3 Å². The van der Waals surface area contributed by atoms with Gasteiger partial charge in [-0.05, 0) is 31.0 Å². The number of benzene rings is 1. The van der Waals surface area contributed by atoms with Crippen molar-refractivity contribution in [3.8, 4) is 0 Å². The minimum absolute atomic E-state index is 0.176. The fourth-order valence-corrected chi connectivity index (χ4v) is 2.20. The van der Waals surface area contributed by atoms with Crippen molar-refractivity contribution < 1.29 is 19.1 Å². The van der Waals surface area contributed by atoms with Gasteiger partial charge in [-0.3, -0.25) is 9.59 Å². The van der Waals surface area contributed by atoms with Gasteiger partial charge in [0.05, 0.1) is 11.6 Å². The zero-order valence-electron chi connectivity index (χ0n) is 13.6. The first-order valence-corrected chi connectivity index (χ1v) is 7.96. The molecule has 0 aliphatic carbocycles. The quantitative estimate of drug-likeness (QED) is 0.604. The Morgan fingerprint density at radius 2 is 1.88 bits per heavy atom. The Labute approximate surface area is 150 Å². The Kier molecular flexibility index (Phi) is 6.65. The summed E-state index contributed by atoms with van der Waals surface area (Å²) < 4.78 is 4.92. The highest BCUT2D eigenvalue weighted by Crippen LogP contribution is 2.07. The monoisotopic (exact) mass is 360 g/mol. The summed E-state index contributed by atoms with van der Waals surface area (Å²) in [4.78, 5) is 39.3. The Morgan fingerprint density at radius 3 is 2.48 bits per heavy atom. The number of carbonyl (C=O) groups excluding carboxylic acids is 3. The smallest absolute Gasteiger partial charge is 0.340 e. The predicted molar refractivity (Wildman–Crippen MR) is 92.3 cm³/mol. The number of carbonyl (C=O) groups is 3. The number of nitrogens with one attached hydrogen (secondary N) is 1. The molecule has 7 heteroatoms. The summed E-state index contributed by atoms with van der Waals surface area (Å²) in [6.45, 7) is 0.916. The van der Waals surface area contributed by atoms with Gasteiger partial charge in [-0.1, -0.05) is 41.9 Å². The zero-order valence-corrected chi connectivity index (χ0v) is 14.3. The summed E-state index contributed by atoms with van der Waals surface area (Å²) in [5.74, 6) is -1.42. The number of Topliss-reactive ketones (excluding diaryl/α,β-unsaturated/α-hetero) is 1. The van der Waals surface area contributed by atoms with Gasteiger partial charge in [0.1, 0.15) is 5.15 Å². The van der Waals surface area contributed by atoms with E-state index < -0.39 is 24.5 Å². The molecule has 25 heavy (non-hydrogen) atoms. The third kappa shape index (κ3) is 6.00. The number of amides is 1. The molecule has 0 fully saturated rings. The molecule has 0 spiro atoms. The average Bonchev–Trinajstić information content (AvgIpc) is 2.60. The lowest BCUT2D eigenvalue weighted by atomic mass is 10.0. The Balaban J connectivity index is 1.87. The fourth-order valence-electron chi connectivity index (χ4n) is 2.09. The molecule has 2 rings (SSSR count). The third-order valence-electron chi connectivity index (χ3n) is 3.41. The third-order valence-corrected chi connectivity index (χ3v) is 3.63. The summed E-state index contributed by atoms with van der Waals surface area (Å²) in [5, 5.41) is 2.83. The Bertz CT molecular complexity index is 747. The fraction of sp³-hybridized carbons (Fsp3) is 0.222. The highest BCUT2D eigenvalue weighted by Gasteiger charge is 2.19. The minimum Gasteiger partial charge on any atom is -0.452 e. The van der Waals surface area contributed by atoms with Gasteiger partial charge < -0.3 is 10.1 Å². The molecule has 6 nitrogen and oxygen atoms in total. The summed E-state index contributed by atoms with van der Waals surface area (Å²) in [7, 11) is 0. The normalized spacial score (nSPS) is 11.4. The molecule has 0 aliphatic heterocycles. The van der Waals surface area contributed by atoms with Crippen LogP contribution in [0.3, 0.4) is 0 Å². The van der Waals surface area contributed by atoms with Crippen LogP contribution in [-0.4, -0.2) is 35.3 Å². The highest BCUT2D eigenvalue weighted by molar-refractivity contribution is 6.29. The molecule has 1 heterocycles. The van der Waals surface area contributed by atoms with Crippen LogP contribution >= 0.6 is 11.6 Å². The van der Waals surface area contributed by atoms with Crippen LogP contribution in [0.25, 0.3) is 0 Å². The van der Waals surface area contributed by atoms with E-state index >= 15 is 0 Å². The molecule has 0 saturated heterocycles. The van der Waals surface area contributed by atoms with Gasteiger partial charge in [0.15, 0.2) is 12.4 Å². The molecular weight excluding hydrogens is 344 g/mol. The Hall–Kier alpha value is -2.73. The van der Waals surface area contributed by atoms with Crippen LogP contribution in [0, 0.1) is 0 Å². The lowest BCUT2D eigenvalue weighted by molar-refractivity contribution is -0.128. The molecule has 1 N–H and O–H groups in total. The van der Waals surface area contributed by atoms with E-state index in [2.05, 4.69) is 10.3 Å². The predicted octanol–water partition coefficient (Wildman–Crippen LogP) is 2.21. The number of ether oxygens (including phenoxy) is 1. The van der Waals surface area contributed by atoms with Crippen molar-refractivity contribution in [1.82, 2.24) is 10.3 Å². The molecule has 1 aromatic heterocycles. The van der Waals surface area contributed by atoms with Gasteiger partial charge in [-0.25, -0.2) is 9.78 Å². The maximum Gasteiger partial charge on any atom is 0.340 e. The number of rotatable bonds is 7. The van der Waals surface area contributed by atoms with Crippen molar-refractivity contribution in [3.63, 3.8) is 0 Å². The van der Waals surface area contributed by atoms with Crippen LogP contribution < -0.4 is 5.32 Å². The first kappa shape index (κ1) is 18.6. The molecule has 130 valence electrons. The minimum atomic E-state index is -0.693. The van der Waals surface area contributed by atoms with Crippen LogP contribution in [0.1, 0.15) is 22.8 Å². The van der Waals surface area contributed by atoms with E-state index in [-0.39, 0.29) is 16.5 Å². The first-order valence-electron chi connectivity index (χ1n) is 7.58. The SMILES string of the molecule is CC(=O)[C@H](Cc1ccccc1)NC(=O)COC(=O)c1ccc(Cl)nc1. The number of nitrogens with zero attached hydrogens (tertiary/aromatic N) is 1. The van der Waals surface area contributed by atoms with Crippen molar-refractivity contribution in [2.45, 2.75) is 19.4 Å². The molecule has 0 saturated carbocycles. The van der Waals surface area contributed by atoms with Crippen molar-refractivity contribution in [1.29, 1.82) is 0 Å². The number of hydrogen-bond donors (Lipinski definition) is 1. The van der Waals surface area contributed by atoms with Crippen LogP contribution in [0.2, 0.25) is 5.15 Å². The summed E-state index contributed by atoms with van der Waals surface area (Å²) in [6, 6.07) is 11.5. The highest BCUT2D eigenvalue weighted by atomic mass is 35.5. The van der Waals surface area contributed by atoms with Crippen molar-refractivity contribution >= 4 is 29.3 Å². The van der Waals surface area contributed by atoms with Gasteiger partial charge >= 0.3 is 5.97 Å². The van der Waals surface area contributed by atoms with Gasteiger partial charge in [0, 0.05) is 6.20 Å². The molecule has 2 aromatic rings. The van der Waals surface area contributed by atoms with Crippen LogP contribution in [-0.2, 0) is 20.7 Å². The maximum absolute atomic E-state index is 12.0. The lowest BCUT2D eigenvalue weighted by Crippen LogP contribution is -2.43. The first-order chi connectivity index (χ1) is 12.0. The van der Waals surface area contributed by atoms with E-state index in [1.54, 1.807) is 0 Å². The molecule has 0 bridgehead atoms. The lowest BCUT2D eigenvalue weighted by Gasteiger charge is -2.16. The largest absolute Gasteiger partial charge is 0.452 e. The number of pyridine rings is 1. The summed E-state index contributed by atoms with van der Waals surface area (Å²) in [5.41, 5.74) is 1.11. The number of aromatic nitrogens is 1. The number of ketones is 1. The molecule has 0 unspecified atom stereocenters. The Morgan fingerprint density at radius 1 is 1.16 bits per heavy atom. The van der Waals surface area contributed by atoms with Crippen molar-refractivity contribution in [2.24, 2.45) is 0 Å².